The third-order valence-corrected chi connectivity index (χ3v) is 3.53. The van der Waals surface area contributed by atoms with Crippen LogP contribution >= 0.6 is 0 Å². The van der Waals surface area contributed by atoms with Gasteiger partial charge in [0.05, 0.1) is 14.2 Å². The number of amides is 2. The zero-order chi connectivity index (χ0) is 19.4. The second-order valence-corrected chi connectivity index (χ2v) is 5.42. The molecule has 140 valence electrons. The molecule has 0 bridgehead atoms. The maximum atomic E-state index is 10.9. The molecule has 27 heavy (non-hydrogen) atoms. The van der Waals surface area contributed by atoms with Crippen molar-refractivity contribution in [3.8, 4) is 11.5 Å². The Hall–Kier alpha value is -1.40. The Bertz CT molecular complexity index is 636. The molecule has 0 aliphatic heterocycles. The molecule has 2 amide bonds. The molecule has 2 aromatic carbocycles. The SMILES string of the molecule is COc1ccc(NC(=O)C[S-])cc1.COc1ccc(NC(=O)C[S-])cc1.[Cd+2]. The van der Waals surface area contributed by atoms with Gasteiger partial charge >= 0.3 is 27.3 Å². The fourth-order valence-electron chi connectivity index (χ4n) is 1.74. The molecule has 0 aliphatic rings. The number of methoxy groups -OCH3 is 2. The topological polar surface area (TPSA) is 76.7 Å². The van der Waals surface area contributed by atoms with E-state index in [0.717, 1.165) is 22.9 Å². The van der Waals surface area contributed by atoms with Crippen molar-refractivity contribution in [2.45, 2.75) is 0 Å². The summed E-state index contributed by atoms with van der Waals surface area (Å²) in [5, 5.41) is 5.29. The number of carbonyl (C=O) groups excluding carboxylic acids is 2. The summed E-state index contributed by atoms with van der Waals surface area (Å²) < 4.78 is 9.93. The fraction of sp³-hybridized carbons (Fsp3) is 0.222. The average molecular weight is 505 g/mol. The van der Waals surface area contributed by atoms with E-state index in [1.165, 1.54) is 0 Å². The van der Waals surface area contributed by atoms with Gasteiger partial charge < -0.3 is 45.4 Å². The molecular formula is C18H20CdN2O4S2. The minimum Gasteiger partial charge on any atom is -0.783 e. The van der Waals surface area contributed by atoms with Gasteiger partial charge in [-0.3, -0.25) is 9.59 Å². The van der Waals surface area contributed by atoms with Crippen molar-refractivity contribution in [3.05, 3.63) is 48.5 Å². The van der Waals surface area contributed by atoms with Gasteiger partial charge in [0.2, 0.25) is 0 Å². The minimum atomic E-state index is -0.167. The van der Waals surface area contributed by atoms with Crippen molar-refractivity contribution < 1.29 is 46.4 Å². The summed E-state index contributed by atoms with van der Waals surface area (Å²) in [4.78, 5) is 21.8. The summed E-state index contributed by atoms with van der Waals surface area (Å²) in [5.41, 5.74) is 1.46. The van der Waals surface area contributed by atoms with E-state index in [9.17, 15) is 9.59 Å². The number of nitrogens with one attached hydrogen (secondary N) is 2. The van der Waals surface area contributed by atoms with Crippen LogP contribution in [-0.4, -0.2) is 37.5 Å². The van der Waals surface area contributed by atoms with Gasteiger partial charge in [0.1, 0.15) is 11.5 Å². The number of ether oxygens (including phenoxy) is 2. The zero-order valence-corrected chi connectivity index (χ0v) is 20.9. The summed E-state index contributed by atoms with van der Waals surface area (Å²) in [6, 6.07) is 14.2. The third-order valence-electron chi connectivity index (χ3n) is 3.01. The normalized spacial score (nSPS) is 9.04. The molecule has 0 fully saturated rings. The van der Waals surface area contributed by atoms with Crippen LogP contribution in [0.2, 0.25) is 0 Å². The van der Waals surface area contributed by atoms with Crippen molar-refractivity contribution in [2.24, 2.45) is 0 Å². The standard InChI is InChI=1S/2C9H11NO2S.Cd/c2*1-12-8-4-2-7(3-5-8)10-9(11)6-13;/h2*2-5,13H,6H2,1H3,(H,10,11);/q;;+2/p-2. The second kappa shape index (κ2) is 14.6. The Morgan fingerprint density at radius 2 is 1.04 bits per heavy atom. The monoisotopic (exact) mass is 506 g/mol. The van der Waals surface area contributed by atoms with E-state index in [4.69, 9.17) is 9.47 Å². The van der Waals surface area contributed by atoms with Crippen molar-refractivity contribution in [3.63, 3.8) is 0 Å². The molecule has 0 spiro atoms. The van der Waals surface area contributed by atoms with E-state index >= 15 is 0 Å². The number of hydrogen-bond acceptors (Lipinski definition) is 6. The summed E-state index contributed by atoms with van der Waals surface area (Å²) in [7, 11) is 3.19. The molecule has 0 saturated heterocycles. The molecule has 0 aromatic heterocycles. The molecule has 2 aromatic rings. The van der Waals surface area contributed by atoms with Crippen LogP contribution in [0.5, 0.6) is 11.5 Å². The van der Waals surface area contributed by atoms with E-state index < -0.39 is 0 Å². The molecule has 6 nitrogen and oxygen atoms in total. The number of rotatable bonds is 6. The molecule has 0 heterocycles. The maximum absolute atomic E-state index is 10.9. The largest absolute Gasteiger partial charge is 2.00 e. The van der Waals surface area contributed by atoms with Gasteiger partial charge in [-0.15, -0.1) is 0 Å². The number of anilines is 2. The summed E-state index contributed by atoms with van der Waals surface area (Å²) in [5.74, 6) is 1.34. The fourth-order valence-corrected chi connectivity index (χ4v) is 1.89. The van der Waals surface area contributed by atoms with Crippen LogP contribution in [0.3, 0.4) is 0 Å². The van der Waals surface area contributed by atoms with E-state index in [1.807, 2.05) is 0 Å². The van der Waals surface area contributed by atoms with Gasteiger partial charge in [0.15, 0.2) is 11.8 Å². The molecule has 2 rings (SSSR count). The molecule has 0 unspecified atom stereocenters. The molecular weight excluding hydrogens is 485 g/mol. The van der Waals surface area contributed by atoms with Crippen LogP contribution in [0.25, 0.3) is 0 Å². The van der Waals surface area contributed by atoms with Crippen molar-refractivity contribution in [2.75, 3.05) is 36.4 Å². The first kappa shape index (κ1) is 25.6. The Morgan fingerprint density at radius 1 is 0.741 bits per heavy atom. The first-order valence-electron chi connectivity index (χ1n) is 7.56. The number of benzene rings is 2. The summed E-state index contributed by atoms with van der Waals surface area (Å²) in [6.07, 6.45) is 0. The van der Waals surface area contributed by atoms with Gasteiger partial charge in [-0.25, -0.2) is 0 Å². The van der Waals surface area contributed by atoms with Crippen molar-refractivity contribution in [1.29, 1.82) is 0 Å². The molecule has 0 aliphatic carbocycles. The van der Waals surface area contributed by atoms with Gasteiger partial charge in [-0.05, 0) is 48.5 Å². The quantitative estimate of drug-likeness (QED) is 0.465. The Balaban J connectivity index is 0.000000483. The predicted molar refractivity (Wildman–Crippen MR) is 108 cm³/mol. The summed E-state index contributed by atoms with van der Waals surface area (Å²) in [6.45, 7) is 0. The van der Waals surface area contributed by atoms with Gasteiger partial charge in [0, 0.05) is 11.4 Å². The Kier molecular flexibility index (Phi) is 13.9. The molecule has 0 saturated carbocycles. The first-order valence-corrected chi connectivity index (χ1v) is 8.71. The van der Waals surface area contributed by atoms with Crippen LogP contribution in [0.4, 0.5) is 11.4 Å². The first-order chi connectivity index (χ1) is 12.5. The van der Waals surface area contributed by atoms with E-state index in [1.54, 1.807) is 62.8 Å². The van der Waals surface area contributed by atoms with Crippen molar-refractivity contribution >= 4 is 48.4 Å². The van der Waals surface area contributed by atoms with Crippen LogP contribution in [0.1, 0.15) is 0 Å². The van der Waals surface area contributed by atoms with Crippen LogP contribution in [0, 0.1) is 0 Å². The third kappa shape index (κ3) is 10.5. The van der Waals surface area contributed by atoms with Crippen molar-refractivity contribution in [1.82, 2.24) is 0 Å². The Labute approximate surface area is 190 Å². The van der Waals surface area contributed by atoms with Gasteiger partial charge in [-0.1, -0.05) is 11.5 Å². The zero-order valence-electron chi connectivity index (χ0n) is 15.2. The second-order valence-electron chi connectivity index (χ2n) is 4.84. The van der Waals surface area contributed by atoms with Crippen LogP contribution in [-0.2, 0) is 62.1 Å². The average Bonchev–Trinajstić information content (AvgIpc) is 2.69. The number of hydrogen-bond donors (Lipinski definition) is 2. The van der Waals surface area contributed by atoms with Crippen LogP contribution < -0.4 is 20.1 Å². The maximum Gasteiger partial charge on any atom is 2.00 e. The van der Waals surface area contributed by atoms with E-state index in [0.29, 0.717) is 0 Å². The Morgan fingerprint density at radius 3 is 1.26 bits per heavy atom. The van der Waals surface area contributed by atoms with E-state index in [-0.39, 0.29) is 50.6 Å². The molecule has 0 radical (unpaired) electrons. The molecule has 9 heteroatoms. The van der Waals surface area contributed by atoms with Gasteiger partial charge in [0.25, 0.3) is 0 Å². The smallest absolute Gasteiger partial charge is 0.783 e. The number of carbonyl (C=O) groups is 2. The van der Waals surface area contributed by atoms with Crippen LogP contribution in [0.15, 0.2) is 48.5 Å². The predicted octanol–water partition coefficient (Wildman–Crippen LogP) is 2.36. The van der Waals surface area contributed by atoms with E-state index in [2.05, 4.69) is 35.9 Å². The summed E-state index contributed by atoms with van der Waals surface area (Å²) >= 11 is 9.17. The van der Waals surface area contributed by atoms with Gasteiger partial charge in [-0.2, -0.15) is 0 Å². The molecule has 2 N–H and O–H groups in total. The minimum absolute atomic E-state index is 0. The molecule has 0 atom stereocenters.